The Kier molecular flexibility index (Phi) is 5.34. The van der Waals surface area contributed by atoms with Crippen LogP contribution in [0.25, 0.3) is 0 Å². The van der Waals surface area contributed by atoms with Gasteiger partial charge >= 0.3 is 0 Å². The fourth-order valence-corrected chi connectivity index (χ4v) is 4.18. The zero-order valence-corrected chi connectivity index (χ0v) is 13.6. The van der Waals surface area contributed by atoms with E-state index in [1.165, 1.54) is 69.9 Å². The van der Waals surface area contributed by atoms with Crippen molar-refractivity contribution in [3.05, 3.63) is 18.0 Å². The first-order valence-electron chi connectivity index (χ1n) is 9.14. The van der Waals surface area contributed by atoms with E-state index in [1.807, 2.05) is 0 Å². The van der Waals surface area contributed by atoms with Crippen LogP contribution in [0, 0.1) is 5.92 Å². The highest BCUT2D eigenvalue weighted by Crippen LogP contribution is 2.30. The molecule has 2 aliphatic rings. The molecular formula is C18H31N3. The van der Waals surface area contributed by atoms with Crippen LogP contribution in [0.1, 0.15) is 76.4 Å². The normalized spacial score (nSPS) is 27.3. The molecule has 0 aromatic carbocycles. The van der Waals surface area contributed by atoms with Gasteiger partial charge in [-0.25, -0.2) is 0 Å². The maximum absolute atomic E-state index is 4.90. The Morgan fingerprint density at radius 1 is 1.14 bits per heavy atom. The van der Waals surface area contributed by atoms with Gasteiger partial charge in [0.15, 0.2) is 0 Å². The van der Waals surface area contributed by atoms with Crippen LogP contribution in [0.15, 0.2) is 12.3 Å². The van der Waals surface area contributed by atoms with Crippen LogP contribution in [0.2, 0.25) is 0 Å². The van der Waals surface area contributed by atoms with Gasteiger partial charge in [0, 0.05) is 12.2 Å². The van der Waals surface area contributed by atoms with E-state index in [9.17, 15) is 0 Å². The molecule has 3 heteroatoms. The lowest BCUT2D eigenvalue weighted by Gasteiger charge is -2.22. The van der Waals surface area contributed by atoms with Crippen molar-refractivity contribution in [2.24, 2.45) is 5.92 Å². The van der Waals surface area contributed by atoms with Crippen LogP contribution in [-0.2, 0) is 6.42 Å². The smallest absolute Gasteiger partial charge is 0.0628 e. The zero-order valence-electron chi connectivity index (χ0n) is 13.6. The standard InChI is InChI=1S/C18H31N3/c1-2-12-19-18-10-6-7-15(18)14-16-11-13-21(20-16)17-8-4-3-5-9-17/h11,13,15,17-19H,2-10,12,14H2,1H3. The van der Waals surface area contributed by atoms with Crippen LogP contribution < -0.4 is 5.32 Å². The average Bonchev–Trinajstić information content (AvgIpc) is 3.16. The number of hydrogen-bond acceptors (Lipinski definition) is 2. The number of rotatable bonds is 6. The van der Waals surface area contributed by atoms with E-state index in [-0.39, 0.29) is 0 Å². The second kappa shape index (κ2) is 7.44. The Morgan fingerprint density at radius 2 is 2.00 bits per heavy atom. The molecule has 0 amide bonds. The predicted octanol–water partition coefficient (Wildman–Crippen LogP) is 4.10. The molecule has 2 aliphatic carbocycles. The molecule has 0 radical (unpaired) electrons. The summed E-state index contributed by atoms with van der Waals surface area (Å²) in [6.45, 7) is 3.42. The summed E-state index contributed by atoms with van der Waals surface area (Å²) >= 11 is 0. The van der Waals surface area contributed by atoms with Gasteiger partial charge in [0.1, 0.15) is 0 Å². The molecule has 0 bridgehead atoms. The summed E-state index contributed by atoms with van der Waals surface area (Å²) in [5.41, 5.74) is 1.32. The van der Waals surface area contributed by atoms with Gasteiger partial charge in [-0.1, -0.05) is 32.6 Å². The van der Waals surface area contributed by atoms with E-state index in [0.29, 0.717) is 6.04 Å². The van der Waals surface area contributed by atoms with Gasteiger partial charge in [-0.3, -0.25) is 4.68 Å². The second-order valence-corrected chi connectivity index (χ2v) is 7.03. The first-order chi connectivity index (χ1) is 10.4. The van der Waals surface area contributed by atoms with Crippen molar-refractivity contribution < 1.29 is 0 Å². The molecule has 2 saturated carbocycles. The molecule has 2 fully saturated rings. The van der Waals surface area contributed by atoms with E-state index in [2.05, 4.69) is 29.2 Å². The third kappa shape index (κ3) is 3.88. The van der Waals surface area contributed by atoms with Gasteiger partial charge in [0.05, 0.1) is 11.7 Å². The highest BCUT2D eigenvalue weighted by Gasteiger charge is 2.27. The molecule has 1 aromatic rings. The van der Waals surface area contributed by atoms with Crippen molar-refractivity contribution in [2.45, 2.75) is 83.2 Å². The van der Waals surface area contributed by atoms with E-state index in [0.717, 1.165) is 18.5 Å². The molecule has 2 unspecified atom stereocenters. The maximum Gasteiger partial charge on any atom is 0.0628 e. The molecule has 3 nitrogen and oxygen atoms in total. The molecule has 21 heavy (non-hydrogen) atoms. The highest BCUT2D eigenvalue weighted by atomic mass is 15.3. The summed E-state index contributed by atoms with van der Waals surface area (Å²) in [5.74, 6) is 0.797. The summed E-state index contributed by atoms with van der Waals surface area (Å²) in [5, 5.41) is 8.64. The van der Waals surface area contributed by atoms with Gasteiger partial charge in [-0.15, -0.1) is 0 Å². The quantitative estimate of drug-likeness (QED) is 0.854. The molecule has 2 atom stereocenters. The summed E-state index contributed by atoms with van der Waals surface area (Å²) < 4.78 is 2.26. The van der Waals surface area contributed by atoms with Crippen LogP contribution >= 0.6 is 0 Å². The van der Waals surface area contributed by atoms with E-state index in [1.54, 1.807) is 0 Å². The lowest BCUT2D eigenvalue weighted by Crippen LogP contribution is -2.33. The lowest BCUT2D eigenvalue weighted by molar-refractivity contribution is 0.326. The van der Waals surface area contributed by atoms with Crippen LogP contribution in [0.4, 0.5) is 0 Å². The topological polar surface area (TPSA) is 29.9 Å². The van der Waals surface area contributed by atoms with Gasteiger partial charge in [-0.05, 0) is 57.1 Å². The fourth-order valence-electron chi connectivity index (χ4n) is 4.18. The molecule has 0 spiro atoms. The van der Waals surface area contributed by atoms with Gasteiger partial charge in [0.25, 0.3) is 0 Å². The first kappa shape index (κ1) is 15.1. The molecule has 3 rings (SSSR count). The van der Waals surface area contributed by atoms with E-state index in [4.69, 9.17) is 5.10 Å². The number of hydrogen-bond donors (Lipinski definition) is 1. The van der Waals surface area contributed by atoms with Gasteiger partial charge in [-0.2, -0.15) is 5.10 Å². The molecule has 0 aliphatic heterocycles. The van der Waals surface area contributed by atoms with Crippen molar-refractivity contribution in [1.82, 2.24) is 15.1 Å². The molecule has 1 aromatic heterocycles. The third-order valence-electron chi connectivity index (χ3n) is 5.40. The summed E-state index contributed by atoms with van der Waals surface area (Å²) in [7, 11) is 0. The lowest BCUT2D eigenvalue weighted by atomic mass is 9.96. The van der Waals surface area contributed by atoms with Crippen molar-refractivity contribution in [3.8, 4) is 0 Å². The third-order valence-corrected chi connectivity index (χ3v) is 5.40. The van der Waals surface area contributed by atoms with Gasteiger partial charge < -0.3 is 5.32 Å². The first-order valence-corrected chi connectivity index (χ1v) is 9.14. The van der Waals surface area contributed by atoms with E-state index < -0.39 is 0 Å². The maximum atomic E-state index is 4.90. The zero-order chi connectivity index (χ0) is 14.5. The molecule has 1 N–H and O–H groups in total. The minimum Gasteiger partial charge on any atom is -0.314 e. The van der Waals surface area contributed by atoms with Crippen molar-refractivity contribution in [3.63, 3.8) is 0 Å². The molecule has 1 heterocycles. The van der Waals surface area contributed by atoms with Crippen molar-refractivity contribution >= 4 is 0 Å². The van der Waals surface area contributed by atoms with Crippen molar-refractivity contribution in [1.29, 1.82) is 0 Å². The van der Waals surface area contributed by atoms with Crippen LogP contribution in [0.3, 0.4) is 0 Å². The SMILES string of the molecule is CCCNC1CCCC1Cc1ccn(C2CCCCC2)n1. The summed E-state index contributed by atoms with van der Waals surface area (Å²) in [6.07, 6.45) is 15.6. The van der Waals surface area contributed by atoms with Crippen molar-refractivity contribution in [2.75, 3.05) is 6.54 Å². The Hall–Kier alpha value is -0.830. The number of nitrogens with zero attached hydrogens (tertiary/aromatic N) is 2. The fraction of sp³-hybridized carbons (Fsp3) is 0.833. The Labute approximate surface area is 129 Å². The number of nitrogens with one attached hydrogen (secondary N) is 1. The average molecular weight is 289 g/mol. The Bertz CT molecular complexity index is 420. The molecular weight excluding hydrogens is 258 g/mol. The summed E-state index contributed by atoms with van der Waals surface area (Å²) in [4.78, 5) is 0. The molecule has 0 saturated heterocycles. The van der Waals surface area contributed by atoms with Crippen LogP contribution in [-0.4, -0.2) is 22.4 Å². The van der Waals surface area contributed by atoms with E-state index >= 15 is 0 Å². The minimum atomic E-state index is 0.671. The van der Waals surface area contributed by atoms with Gasteiger partial charge in [0.2, 0.25) is 0 Å². The summed E-state index contributed by atoms with van der Waals surface area (Å²) in [6, 6.07) is 3.67. The largest absolute Gasteiger partial charge is 0.314 e. The monoisotopic (exact) mass is 289 g/mol. The van der Waals surface area contributed by atoms with Crippen LogP contribution in [0.5, 0.6) is 0 Å². The second-order valence-electron chi connectivity index (χ2n) is 7.03. The Balaban J connectivity index is 1.56. The predicted molar refractivity (Wildman–Crippen MR) is 87.5 cm³/mol. The highest BCUT2D eigenvalue weighted by molar-refractivity contribution is 5.03. The number of aromatic nitrogens is 2. The molecule has 118 valence electrons. The minimum absolute atomic E-state index is 0.671. The Morgan fingerprint density at radius 3 is 2.81 bits per heavy atom.